The fourth-order valence-electron chi connectivity index (χ4n) is 4.00. The Bertz CT molecular complexity index is 685. The van der Waals surface area contributed by atoms with E-state index in [9.17, 15) is 9.59 Å². The molecule has 1 aromatic rings. The Kier molecular flexibility index (Phi) is 8.59. The number of likely N-dealkylation sites (tertiary alicyclic amines) is 1. The number of nitrogens with zero attached hydrogens (tertiary/aromatic N) is 1. The molecule has 0 radical (unpaired) electrons. The highest BCUT2D eigenvalue weighted by atomic mass is 35.5. The highest BCUT2D eigenvalue weighted by Gasteiger charge is 2.30. The van der Waals surface area contributed by atoms with E-state index < -0.39 is 0 Å². The smallest absolute Gasteiger partial charge is 0.254 e. The SMILES string of the molecule is COc1cc(OC)cc(C(=O)N2CCC(C(=O)NC3CCCNC3C)CC2)c1.Cl. The molecule has 8 heteroatoms. The zero-order valence-corrected chi connectivity index (χ0v) is 18.2. The molecule has 0 aromatic heterocycles. The first-order chi connectivity index (χ1) is 13.5. The summed E-state index contributed by atoms with van der Waals surface area (Å²) < 4.78 is 10.5. The van der Waals surface area contributed by atoms with Crippen LogP contribution in [0.4, 0.5) is 0 Å². The Morgan fingerprint density at radius 2 is 1.69 bits per heavy atom. The Hall–Kier alpha value is -1.99. The number of amides is 2. The van der Waals surface area contributed by atoms with Gasteiger partial charge in [-0.2, -0.15) is 0 Å². The molecule has 2 amide bonds. The molecule has 29 heavy (non-hydrogen) atoms. The molecule has 0 bridgehead atoms. The van der Waals surface area contributed by atoms with Crippen LogP contribution in [0, 0.1) is 5.92 Å². The Labute approximate surface area is 178 Å². The van der Waals surface area contributed by atoms with Crippen molar-refractivity contribution < 1.29 is 19.1 Å². The molecule has 2 heterocycles. The molecule has 2 aliphatic rings. The normalized spacial score (nSPS) is 22.4. The van der Waals surface area contributed by atoms with Crippen LogP contribution in [0.15, 0.2) is 18.2 Å². The second-order valence-corrected chi connectivity index (χ2v) is 7.67. The fourth-order valence-corrected chi connectivity index (χ4v) is 4.00. The molecule has 7 nitrogen and oxygen atoms in total. The minimum atomic E-state index is -0.0545. The van der Waals surface area contributed by atoms with Gasteiger partial charge >= 0.3 is 0 Å². The first-order valence-electron chi connectivity index (χ1n) is 10.1. The van der Waals surface area contributed by atoms with Crippen LogP contribution < -0.4 is 20.1 Å². The summed E-state index contributed by atoms with van der Waals surface area (Å²) in [6.07, 6.45) is 3.49. The second kappa shape index (κ2) is 10.7. The summed E-state index contributed by atoms with van der Waals surface area (Å²) in [6, 6.07) is 5.70. The first-order valence-corrected chi connectivity index (χ1v) is 10.1. The van der Waals surface area contributed by atoms with Gasteiger partial charge in [-0.25, -0.2) is 0 Å². The second-order valence-electron chi connectivity index (χ2n) is 7.67. The van der Waals surface area contributed by atoms with Crippen molar-refractivity contribution in [3.8, 4) is 11.5 Å². The number of nitrogens with one attached hydrogen (secondary N) is 2. The highest BCUT2D eigenvalue weighted by Crippen LogP contribution is 2.25. The molecular weight excluding hydrogens is 394 g/mol. The van der Waals surface area contributed by atoms with E-state index in [2.05, 4.69) is 17.6 Å². The summed E-state index contributed by atoms with van der Waals surface area (Å²) in [4.78, 5) is 27.3. The van der Waals surface area contributed by atoms with Crippen molar-refractivity contribution in [2.24, 2.45) is 5.92 Å². The third-order valence-corrected chi connectivity index (χ3v) is 5.84. The van der Waals surface area contributed by atoms with Crippen molar-refractivity contribution in [3.63, 3.8) is 0 Å². The van der Waals surface area contributed by atoms with Crippen LogP contribution in [0.2, 0.25) is 0 Å². The molecule has 2 N–H and O–H groups in total. The van der Waals surface area contributed by atoms with Crippen molar-refractivity contribution >= 4 is 24.2 Å². The van der Waals surface area contributed by atoms with E-state index in [0.717, 1.165) is 19.4 Å². The van der Waals surface area contributed by atoms with E-state index in [1.807, 2.05) is 4.90 Å². The van der Waals surface area contributed by atoms with E-state index in [-0.39, 0.29) is 36.2 Å². The summed E-state index contributed by atoms with van der Waals surface area (Å²) in [6.45, 7) is 4.29. The lowest BCUT2D eigenvalue weighted by atomic mass is 9.93. The Morgan fingerprint density at radius 3 is 2.24 bits per heavy atom. The van der Waals surface area contributed by atoms with E-state index in [0.29, 0.717) is 49.0 Å². The molecule has 2 saturated heterocycles. The number of hydrogen-bond donors (Lipinski definition) is 2. The van der Waals surface area contributed by atoms with Gasteiger partial charge in [0, 0.05) is 42.7 Å². The molecule has 2 fully saturated rings. The molecule has 1 aromatic carbocycles. The molecular formula is C21H32ClN3O4. The zero-order valence-electron chi connectivity index (χ0n) is 17.4. The van der Waals surface area contributed by atoms with Gasteiger partial charge in [0.1, 0.15) is 11.5 Å². The molecule has 3 rings (SSSR count). The lowest BCUT2D eigenvalue weighted by Gasteiger charge is -2.35. The van der Waals surface area contributed by atoms with E-state index >= 15 is 0 Å². The standard InChI is InChI=1S/C21H31N3O4.ClH/c1-14-19(5-4-8-22-14)23-20(25)15-6-9-24(10-7-15)21(26)16-11-17(27-2)13-18(12-16)28-3;/h11-15,19,22H,4-10H2,1-3H3,(H,23,25);1H. The minimum Gasteiger partial charge on any atom is -0.497 e. The van der Waals surface area contributed by atoms with Gasteiger partial charge in [-0.15, -0.1) is 12.4 Å². The third-order valence-electron chi connectivity index (χ3n) is 5.84. The molecule has 0 saturated carbocycles. The van der Waals surface area contributed by atoms with Gasteiger partial charge in [0.05, 0.1) is 14.2 Å². The predicted molar refractivity (Wildman–Crippen MR) is 114 cm³/mol. The van der Waals surface area contributed by atoms with Crippen molar-refractivity contribution in [2.45, 2.75) is 44.7 Å². The number of rotatable bonds is 5. The fraction of sp³-hybridized carbons (Fsp3) is 0.619. The van der Waals surface area contributed by atoms with Crippen LogP contribution in [0.25, 0.3) is 0 Å². The molecule has 2 aliphatic heterocycles. The zero-order chi connectivity index (χ0) is 20.1. The van der Waals surface area contributed by atoms with E-state index in [4.69, 9.17) is 9.47 Å². The maximum absolute atomic E-state index is 12.9. The largest absolute Gasteiger partial charge is 0.497 e. The van der Waals surface area contributed by atoms with Crippen molar-refractivity contribution in [1.82, 2.24) is 15.5 Å². The number of piperidine rings is 2. The monoisotopic (exact) mass is 425 g/mol. The molecule has 2 unspecified atom stereocenters. The number of methoxy groups -OCH3 is 2. The summed E-state index contributed by atoms with van der Waals surface area (Å²) in [5.74, 6) is 1.22. The van der Waals surface area contributed by atoms with Gasteiger partial charge in [0.2, 0.25) is 5.91 Å². The van der Waals surface area contributed by atoms with Crippen LogP contribution in [0.5, 0.6) is 11.5 Å². The molecule has 0 spiro atoms. The van der Waals surface area contributed by atoms with E-state index in [1.165, 1.54) is 0 Å². The van der Waals surface area contributed by atoms with Crippen LogP contribution >= 0.6 is 12.4 Å². The Morgan fingerprint density at radius 1 is 1.07 bits per heavy atom. The van der Waals surface area contributed by atoms with E-state index in [1.54, 1.807) is 32.4 Å². The number of carbonyl (C=O) groups excluding carboxylic acids is 2. The van der Waals surface area contributed by atoms with Gasteiger partial charge in [-0.05, 0) is 51.3 Å². The Balaban J connectivity index is 0.00000300. The van der Waals surface area contributed by atoms with Gasteiger partial charge in [-0.3, -0.25) is 9.59 Å². The quantitative estimate of drug-likeness (QED) is 0.756. The predicted octanol–water partition coefficient (Wildman–Crippen LogP) is 2.23. The summed E-state index contributed by atoms with van der Waals surface area (Å²) in [7, 11) is 3.13. The van der Waals surface area contributed by atoms with Crippen LogP contribution in [-0.2, 0) is 4.79 Å². The number of ether oxygens (including phenoxy) is 2. The first kappa shape index (κ1) is 23.3. The van der Waals surface area contributed by atoms with Gasteiger partial charge in [-0.1, -0.05) is 0 Å². The number of carbonyl (C=O) groups is 2. The topological polar surface area (TPSA) is 79.9 Å². The maximum Gasteiger partial charge on any atom is 0.254 e. The summed E-state index contributed by atoms with van der Waals surface area (Å²) in [5.41, 5.74) is 0.543. The minimum absolute atomic E-state index is 0. The maximum atomic E-state index is 12.9. The van der Waals surface area contributed by atoms with Gasteiger partial charge in [0.25, 0.3) is 5.91 Å². The lowest BCUT2D eigenvalue weighted by Crippen LogP contribution is -2.54. The van der Waals surface area contributed by atoms with Crippen LogP contribution in [0.3, 0.4) is 0 Å². The van der Waals surface area contributed by atoms with Crippen molar-refractivity contribution in [1.29, 1.82) is 0 Å². The van der Waals surface area contributed by atoms with Crippen molar-refractivity contribution in [3.05, 3.63) is 23.8 Å². The third kappa shape index (κ3) is 5.76. The van der Waals surface area contributed by atoms with Gasteiger partial charge < -0.3 is 25.0 Å². The lowest BCUT2D eigenvalue weighted by molar-refractivity contribution is -0.127. The number of hydrogen-bond acceptors (Lipinski definition) is 5. The number of halogens is 1. The summed E-state index contributed by atoms with van der Waals surface area (Å²) >= 11 is 0. The van der Waals surface area contributed by atoms with Gasteiger partial charge in [0.15, 0.2) is 0 Å². The highest BCUT2D eigenvalue weighted by molar-refractivity contribution is 5.95. The van der Waals surface area contributed by atoms with Crippen LogP contribution in [-0.4, -0.2) is 62.7 Å². The molecule has 162 valence electrons. The average Bonchev–Trinajstić information content (AvgIpc) is 2.74. The number of benzene rings is 1. The average molecular weight is 426 g/mol. The summed E-state index contributed by atoms with van der Waals surface area (Å²) in [5, 5.41) is 6.62. The molecule has 0 aliphatic carbocycles. The van der Waals surface area contributed by atoms with Crippen molar-refractivity contribution in [2.75, 3.05) is 33.9 Å². The van der Waals surface area contributed by atoms with Crippen LogP contribution in [0.1, 0.15) is 43.0 Å². The molecule has 2 atom stereocenters.